The van der Waals surface area contributed by atoms with E-state index in [0.29, 0.717) is 5.78 Å². The number of nitrogens with zero attached hydrogens (tertiary/aromatic N) is 4. The number of hydrogen-bond acceptors (Lipinski definition) is 5. The second kappa shape index (κ2) is 5.01. The zero-order valence-electron chi connectivity index (χ0n) is 10.4. The Bertz CT molecular complexity index is 800. The van der Waals surface area contributed by atoms with Gasteiger partial charge in [-0.25, -0.2) is 9.78 Å². The van der Waals surface area contributed by atoms with E-state index in [1.54, 1.807) is 6.20 Å². The first-order valence-electron chi connectivity index (χ1n) is 5.75. The maximum atomic E-state index is 11.5. The van der Waals surface area contributed by atoms with Crippen LogP contribution in [0.1, 0.15) is 10.6 Å². The van der Waals surface area contributed by atoms with Crippen molar-refractivity contribution in [1.29, 1.82) is 0 Å². The number of hydrogen-bond donors (Lipinski definition) is 0. The summed E-state index contributed by atoms with van der Waals surface area (Å²) in [4.78, 5) is 19.7. The summed E-state index contributed by atoms with van der Waals surface area (Å²) in [6.45, 7) is 0. The highest BCUT2D eigenvalue weighted by molar-refractivity contribution is 9.10. The Balaban J connectivity index is 2.24. The number of carbonyl (C=O) groups excluding carboxylic acids is 1. The Hall–Kier alpha value is -2.28. The topological polar surface area (TPSA) is 69.4 Å². The zero-order valence-corrected chi connectivity index (χ0v) is 12.0. The maximum Gasteiger partial charge on any atom is 0.378 e. The molecule has 0 amide bonds. The van der Waals surface area contributed by atoms with Gasteiger partial charge in [-0.2, -0.15) is 9.50 Å². The van der Waals surface area contributed by atoms with Gasteiger partial charge in [0.2, 0.25) is 0 Å². The normalized spacial score (nSPS) is 10.7. The van der Waals surface area contributed by atoms with Gasteiger partial charge in [0.15, 0.2) is 0 Å². The van der Waals surface area contributed by atoms with E-state index in [1.165, 1.54) is 11.6 Å². The second-order valence-corrected chi connectivity index (χ2v) is 4.80. The molecule has 7 heteroatoms. The fraction of sp³-hybridized carbons (Fsp3) is 0.0769. The largest absolute Gasteiger partial charge is 0.463 e. The van der Waals surface area contributed by atoms with Crippen LogP contribution in [0.4, 0.5) is 0 Å². The number of benzene rings is 1. The molecule has 0 bridgehead atoms. The van der Waals surface area contributed by atoms with Crippen molar-refractivity contribution in [1.82, 2.24) is 19.6 Å². The van der Waals surface area contributed by atoms with E-state index >= 15 is 0 Å². The average molecular weight is 333 g/mol. The van der Waals surface area contributed by atoms with Crippen LogP contribution in [-0.2, 0) is 4.74 Å². The summed E-state index contributed by atoms with van der Waals surface area (Å²) in [6.07, 6.45) is 1.62. The van der Waals surface area contributed by atoms with Gasteiger partial charge in [0.1, 0.15) is 0 Å². The molecule has 2 heterocycles. The molecule has 0 radical (unpaired) electrons. The molecule has 1 aromatic carbocycles. The lowest BCUT2D eigenvalue weighted by Crippen LogP contribution is -2.04. The number of carbonyl (C=O) groups is 1. The predicted octanol–water partition coefficient (Wildman–Crippen LogP) is 2.34. The van der Waals surface area contributed by atoms with Gasteiger partial charge in [0.25, 0.3) is 11.6 Å². The molecule has 0 atom stereocenters. The van der Waals surface area contributed by atoms with Crippen molar-refractivity contribution in [2.45, 2.75) is 0 Å². The summed E-state index contributed by atoms with van der Waals surface area (Å²) in [5.74, 6) is -0.258. The minimum atomic E-state index is -0.589. The molecule has 0 aliphatic heterocycles. The Labute approximate surface area is 122 Å². The summed E-state index contributed by atoms with van der Waals surface area (Å²) in [6, 6.07) is 9.53. The van der Waals surface area contributed by atoms with E-state index in [1.807, 2.05) is 30.3 Å². The third-order valence-electron chi connectivity index (χ3n) is 2.76. The lowest BCUT2D eigenvalue weighted by atomic mass is 10.1. The highest BCUT2D eigenvalue weighted by Gasteiger charge is 2.16. The van der Waals surface area contributed by atoms with Crippen LogP contribution in [0.2, 0.25) is 0 Å². The van der Waals surface area contributed by atoms with Crippen LogP contribution in [0.15, 0.2) is 41.0 Å². The van der Waals surface area contributed by atoms with Gasteiger partial charge in [-0.1, -0.05) is 34.1 Å². The summed E-state index contributed by atoms with van der Waals surface area (Å²) >= 11 is 3.49. The second-order valence-electron chi connectivity index (χ2n) is 3.95. The van der Waals surface area contributed by atoms with Crippen molar-refractivity contribution < 1.29 is 9.53 Å². The van der Waals surface area contributed by atoms with Crippen LogP contribution in [0.5, 0.6) is 0 Å². The Morgan fingerprint density at radius 1 is 1.30 bits per heavy atom. The number of ether oxygens (including phenoxy) is 1. The fourth-order valence-electron chi connectivity index (χ4n) is 1.84. The van der Waals surface area contributed by atoms with Gasteiger partial charge in [-0.3, -0.25) is 0 Å². The number of halogens is 1. The van der Waals surface area contributed by atoms with Crippen molar-refractivity contribution in [3.63, 3.8) is 0 Å². The molecule has 0 saturated heterocycles. The van der Waals surface area contributed by atoms with Crippen LogP contribution in [-0.4, -0.2) is 32.7 Å². The van der Waals surface area contributed by atoms with Gasteiger partial charge in [-0.05, 0) is 12.1 Å². The summed E-state index contributed by atoms with van der Waals surface area (Å²) in [7, 11) is 1.29. The van der Waals surface area contributed by atoms with Crippen molar-refractivity contribution in [2.24, 2.45) is 0 Å². The van der Waals surface area contributed by atoms with E-state index in [9.17, 15) is 4.79 Å². The smallest absolute Gasteiger partial charge is 0.378 e. The molecule has 20 heavy (non-hydrogen) atoms. The number of esters is 1. The van der Waals surface area contributed by atoms with E-state index in [-0.39, 0.29) is 5.82 Å². The molecule has 0 N–H and O–H groups in total. The number of aromatic nitrogens is 4. The van der Waals surface area contributed by atoms with Crippen LogP contribution < -0.4 is 0 Å². The van der Waals surface area contributed by atoms with Crippen molar-refractivity contribution in [3.8, 4) is 11.3 Å². The number of methoxy groups -OCH3 is 1. The van der Waals surface area contributed by atoms with Gasteiger partial charge in [0.05, 0.1) is 12.8 Å². The maximum absolute atomic E-state index is 11.5. The van der Waals surface area contributed by atoms with Crippen LogP contribution in [0.25, 0.3) is 17.0 Å². The lowest BCUT2D eigenvalue weighted by Gasteiger charge is -2.05. The lowest BCUT2D eigenvalue weighted by molar-refractivity contribution is 0.0587. The van der Waals surface area contributed by atoms with Gasteiger partial charge in [-0.15, -0.1) is 5.10 Å². The third kappa shape index (κ3) is 2.05. The van der Waals surface area contributed by atoms with Crippen molar-refractivity contribution in [2.75, 3.05) is 7.11 Å². The minimum absolute atomic E-state index is 0.0143. The first-order chi connectivity index (χ1) is 9.70. The SMILES string of the molecule is COC(=O)c1nc2nccc(-c3ccccc3Br)n2n1. The molecule has 6 nitrogen and oxygen atoms in total. The first-order valence-corrected chi connectivity index (χ1v) is 6.55. The minimum Gasteiger partial charge on any atom is -0.463 e. The molecular formula is C13H9BrN4O2. The van der Waals surface area contributed by atoms with Crippen LogP contribution in [0, 0.1) is 0 Å². The average Bonchev–Trinajstić information content (AvgIpc) is 2.91. The van der Waals surface area contributed by atoms with Gasteiger partial charge in [0, 0.05) is 16.2 Å². The van der Waals surface area contributed by atoms with Gasteiger partial charge >= 0.3 is 5.97 Å². The predicted molar refractivity (Wildman–Crippen MR) is 75.3 cm³/mol. The standard InChI is InChI=1S/C13H9BrN4O2/c1-20-12(19)11-16-13-15-7-6-10(18(13)17-11)8-4-2-3-5-9(8)14/h2-7H,1H3. The highest BCUT2D eigenvalue weighted by Crippen LogP contribution is 2.27. The van der Waals surface area contributed by atoms with Crippen molar-refractivity contribution >= 4 is 27.7 Å². The summed E-state index contributed by atoms with van der Waals surface area (Å²) in [5, 5.41) is 4.15. The van der Waals surface area contributed by atoms with E-state index < -0.39 is 5.97 Å². The molecule has 3 aromatic rings. The van der Waals surface area contributed by atoms with Gasteiger partial charge < -0.3 is 4.74 Å². The molecular weight excluding hydrogens is 324 g/mol. The molecule has 0 unspecified atom stereocenters. The van der Waals surface area contributed by atoms with E-state index in [4.69, 9.17) is 0 Å². The van der Waals surface area contributed by atoms with E-state index in [2.05, 4.69) is 35.7 Å². The Morgan fingerprint density at radius 2 is 2.10 bits per heavy atom. The number of rotatable bonds is 2. The zero-order chi connectivity index (χ0) is 14.1. The fourth-order valence-corrected chi connectivity index (χ4v) is 2.33. The Kier molecular flexibility index (Phi) is 3.19. The summed E-state index contributed by atoms with van der Waals surface area (Å²) < 4.78 is 7.06. The van der Waals surface area contributed by atoms with E-state index in [0.717, 1.165) is 15.7 Å². The molecule has 0 spiro atoms. The molecule has 0 aliphatic rings. The molecule has 0 saturated carbocycles. The molecule has 0 aliphatic carbocycles. The Morgan fingerprint density at radius 3 is 2.85 bits per heavy atom. The van der Waals surface area contributed by atoms with Crippen LogP contribution >= 0.6 is 15.9 Å². The monoisotopic (exact) mass is 332 g/mol. The quantitative estimate of drug-likeness (QED) is 0.673. The molecule has 0 fully saturated rings. The third-order valence-corrected chi connectivity index (χ3v) is 3.45. The first kappa shape index (κ1) is 12.7. The molecule has 3 rings (SSSR count). The highest BCUT2D eigenvalue weighted by atomic mass is 79.9. The van der Waals surface area contributed by atoms with Crippen molar-refractivity contribution in [3.05, 3.63) is 46.8 Å². The number of fused-ring (bicyclic) bond motifs is 1. The summed E-state index contributed by atoms with van der Waals surface area (Å²) in [5.41, 5.74) is 1.71. The van der Waals surface area contributed by atoms with Crippen LogP contribution in [0.3, 0.4) is 0 Å². The molecule has 2 aromatic heterocycles. The molecule has 100 valence electrons.